The van der Waals surface area contributed by atoms with Crippen LogP contribution in [0.1, 0.15) is 24.0 Å². The molecule has 2 aromatic rings. The lowest BCUT2D eigenvalue weighted by molar-refractivity contribution is -0.130. The average molecular weight is 432 g/mol. The minimum Gasteiger partial charge on any atom is -0.493 e. The Hall–Kier alpha value is -2.26. The summed E-state index contributed by atoms with van der Waals surface area (Å²) in [6.07, 6.45) is 4.81. The van der Waals surface area contributed by atoms with E-state index in [9.17, 15) is 4.79 Å². The highest BCUT2D eigenvalue weighted by Gasteiger charge is 2.30. The third kappa shape index (κ3) is 4.41. The first-order valence-electron chi connectivity index (χ1n) is 10.3. The molecule has 0 saturated carbocycles. The van der Waals surface area contributed by atoms with E-state index in [4.69, 9.17) is 9.47 Å². The Kier molecular flexibility index (Phi) is 6.48. The quantitative estimate of drug-likeness (QED) is 0.648. The molecule has 30 heavy (non-hydrogen) atoms. The number of hydrogen-bond acceptors (Lipinski definition) is 7. The predicted octanol–water partition coefficient (Wildman–Crippen LogP) is 1.97. The molecule has 2 aliphatic rings. The van der Waals surface area contributed by atoms with Crippen molar-refractivity contribution in [3.63, 3.8) is 0 Å². The number of rotatable bonds is 6. The Morgan fingerprint density at radius 1 is 1.20 bits per heavy atom. The molecule has 0 aliphatic carbocycles. The topological polar surface area (TPSA) is 72.7 Å². The zero-order chi connectivity index (χ0) is 21.1. The van der Waals surface area contributed by atoms with Gasteiger partial charge in [0.25, 0.3) is 0 Å². The number of hydrogen-bond donors (Lipinski definition) is 0. The molecule has 1 fully saturated rings. The zero-order valence-corrected chi connectivity index (χ0v) is 18.7. The van der Waals surface area contributed by atoms with E-state index in [2.05, 4.69) is 27.2 Å². The third-order valence-electron chi connectivity index (χ3n) is 6.01. The van der Waals surface area contributed by atoms with Crippen molar-refractivity contribution < 1.29 is 14.3 Å². The van der Waals surface area contributed by atoms with E-state index in [0.29, 0.717) is 11.8 Å². The summed E-state index contributed by atoms with van der Waals surface area (Å²) in [5.74, 6) is 2.15. The van der Waals surface area contributed by atoms with E-state index in [1.807, 2.05) is 16.5 Å². The Morgan fingerprint density at radius 2 is 1.97 bits per heavy atom. The summed E-state index contributed by atoms with van der Waals surface area (Å²) in [7, 11) is 5.24. The van der Waals surface area contributed by atoms with Gasteiger partial charge in [0.15, 0.2) is 16.7 Å². The number of nitrogens with zero attached hydrogens (tertiary/aromatic N) is 5. The van der Waals surface area contributed by atoms with Crippen LogP contribution in [0.4, 0.5) is 0 Å². The highest BCUT2D eigenvalue weighted by atomic mass is 32.2. The summed E-state index contributed by atoms with van der Waals surface area (Å²) < 4.78 is 12.8. The lowest BCUT2D eigenvalue weighted by Gasteiger charge is -2.41. The molecule has 4 rings (SSSR count). The van der Waals surface area contributed by atoms with Gasteiger partial charge in [-0.2, -0.15) is 0 Å². The number of aromatic nitrogens is 3. The van der Waals surface area contributed by atoms with Crippen LogP contribution in [0.5, 0.6) is 11.5 Å². The van der Waals surface area contributed by atoms with Crippen LogP contribution in [-0.2, 0) is 24.8 Å². The number of fused-ring (bicyclic) bond motifs is 1. The summed E-state index contributed by atoms with van der Waals surface area (Å²) in [6.45, 7) is 3.52. The molecule has 162 valence electrons. The minimum atomic E-state index is 0.177. The number of carbonyl (C=O) groups is 1. The maximum absolute atomic E-state index is 12.8. The van der Waals surface area contributed by atoms with E-state index < -0.39 is 0 Å². The lowest BCUT2D eigenvalue weighted by atomic mass is 9.95. The van der Waals surface area contributed by atoms with Gasteiger partial charge in [-0.15, -0.1) is 10.2 Å². The fourth-order valence-corrected chi connectivity index (χ4v) is 5.11. The first-order valence-corrected chi connectivity index (χ1v) is 11.3. The van der Waals surface area contributed by atoms with Crippen LogP contribution >= 0.6 is 11.8 Å². The molecule has 1 atom stereocenters. The largest absolute Gasteiger partial charge is 0.493 e. The number of amides is 1. The summed E-state index contributed by atoms with van der Waals surface area (Å²) in [5.41, 5.74) is 2.62. The molecule has 0 N–H and O–H groups in total. The first kappa shape index (κ1) is 21.0. The van der Waals surface area contributed by atoms with E-state index in [1.54, 1.807) is 20.5 Å². The molecule has 0 spiro atoms. The van der Waals surface area contributed by atoms with E-state index in [-0.39, 0.29) is 5.91 Å². The van der Waals surface area contributed by atoms with Crippen molar-refractivity contribution in [2.45, 2.75) is 37.0 Å². The van der Waals surface area contributed by atoms with Crippen molar-refractivity contribution in [1.29, 1.82) is 0 Å². The van der Waals surface area contributed by atoms with Gasteiger partial charge in [0, 0.05) is 39.3 Å². The maximum atomic E-state index is 12.8. The number of piperidine rings is 1. The third-order valence-corrected chi connectivity index (χ3v) is 7.03. The number of likely N-dealkylation sites (tertiary alicyclic amines) is 1. The van der Waals surface area contributed by atoms with Gasteiger partial charge in [-0.1, -0.05) is 11.8 Å². The molecule has 1 amide bonds. The Balaban J connectivity index is 1.38. The molecule has 9 heteroatoms. The van der Waals surface area contributed by atoms with E-state index in [0.717, 1.165) is 62.1 Å². The summed E-state index contributed by atoms with van der Waals surface area (Å²) >= 11 is 1.45. The van der Waals surface area contributed by atoms with Crippen LogP contribution in [0.15, 0.2) is 23.6 Å². The lowest BCUT2D eigenvalue weighted by Crippen LogP contribution is -2.51. The van der Waals surface area contributed by atoms with Crippen molar-refractivity contribution in [2.75, 3.05) is 39.6 Å². The second-order valence-corrected chi connectivity index (χ2v) is 8.79. The number of benzene rings is 1. The van der Waals surface area contributed by atoms with Gasteiger partial charge in [0.1, 0.15) is 6.33 Å². The summed E-state index contributed by atoms with van der Waals surface area (Å²) in [4.78, 5) is 17.3. The van der Waals surface area contributed by atoms with Gasteiger partial charge < -0.3 is 18.9 Å². The van der Waals surface area contributed by atoms with Crippen molar-refractivity contribution in [3.05, 3.63) is 29.6 Å². The fourth-order valence-electron chi connectivity index (χ4n) is 4.32. The predicted molar refractivity (Wildman–Crippen MR) is 115 cm³/mol. The van der Waals surface area contributed by atoms with Gasteiger partial charge in [-0.25, -0.2) is 0 Å². The summed E-state index contributed by atoms with van der Waals surface area (Å²) in [5, 5.41) is 8.69. The number of thioether (sulfide) groups is 1. The smallest absolute Gasteiger partial charge is 0.233 e. The summed E-state index contributed by atoms with van der Waals surface area (Å²) in [6, 6.07) is 4.60. The van der Waals surface area contributed by atoms with E-state index in [1.165, 1.54) is 22.9 Å². The van der Waals surface area contributed by atoms with Gasteiger partial charge in [-0.3, -0.25) is 9.69 Å². The normalized spacial score (nSPS) is 19.4. The minimum absolute atomic E-state index is 0.177. The molecular formula is C21H29N5O3S. The van der Waals surface area contributed by atoms with Gasteiger partial charge in [0.2, 0.25) is 5.91 Å². The van der Waals surface area contributed by atoms with Crippen LogP contribution in [0.25, 0.3) is 0 Å². The van der Waals surface area contributed by atoms with Crippen LogP contribution in [0.2, 0.25) is 0 Å². The Labute approximate surface area is 181 Å². The van der Waals surface area contributed by atoms with Gasteiger partial charge >= 0.3 is 0 Å². The first-order chi connectivity index (χ1) is 14.6. The van der Waals surface area contributed by atoms with Crippen LogP contribution < -0.4 is 9.47 Å². The SMILES string of the molecule is COc1cc2c(cc1OC)CN(C1CCCN(C(=O)CSc3nncn3C)C1)CC2. The standard InChI is InChI=1S/C21H29N5O3S/c1-24-14-22-23-21(24)30-13-20(27)26-7-4-5-17(12-26)25-8-6-15-9-18(28-2)19(29-3)10-16(15)11-25/h9-10,14,17H,4-8,11-13H2,1-3H3. The molecule has 2 aliphatic heterocycles. The highest BCUT2D eigenvalue weighted by Crippen LogP contribution is 2.34. The molecule has 8 nitrogen and oxygen atoms in total. The van der Waals surface area contributed by atoms with Gasteiger partial charge in [-0.05, 0) is 42.5 Å². The number of carbonyl (C=O) groups excluding carboxylic acids is 1. The fraction of sp³-hybridized carbons (Fsp3) is 0.571. The number of aryl methyl sites for hydroxylation is 1. The van der Waals surface area contributed by atoms with Crippen molar-refractivity contribution in [1.82, 2.24) is 24.6 Å². The molecule has 3 heterocycles. The maximum Gasteiger partial charge on any atom is 0.233 e. The molecule has 1 saturated heterocycles. The van der Waals surface area contributed by atoms with Crippen molar-refractivity contribution in [3.8, 4) is 11.5 Å². The number of methoxy groups -OCH3 is 2. The Bertz CT molecular complexity index is 903. The van der Waals surface area contributed by atoms with Crippen LogP contribution in [0.3, 0.4) is 0 Å². The van der Waals surface area contributed by atoms with Crippen molar-refractivity contribution >= 4 is 17.7 Å². The molecule has 0 radical (unpaired) electrons. The highest BCUT2D eigenvalue weighted by molar-refractivity contribution is 7.99. The zero-order valence-electron chi connectivity index (χ0n) is 17.8. The second kappa shape index (κ2) is 9.26. The number of ether oxygens (including phenoxy) is 2. The molecule has 0 bridgehead atoms. The van der Waals surface area contributed by atoms with Crippen LogP contribution in [-0.4, -0.2) is 76.1 Å². The molecular weight excluding hydrogens is 402 g/mol. The van der Waals surface area contributed by atoms with Crippen molar-refractivity contribution in [2.24, 2.45) is 7.05 Å². The second-order valence-electron chi connectivity index (χ2n) is 7.85. The average Bonchev–Trinajstić information content (AvgIpc) is 3.20. The molecule has 1 unspecified atom stereocenters. The molecule has 1 aromatic heterocycles. The van der Waals surface area contributed by atoms with Gasteiger partial charge in [0.05, 0.1) is 20.0 Å². The van der Waals surface area contributed by atoms with E-state index >= 15 is 0 Å². The molecule has 1 aromatic carbocycles. The Morgan fingerprint density at radius 3 is 2.67 bits per heavy atom. The van der Waals surface area contributed by atoms with Crippen LogP contribution in [0, 0.1) is 0 Å². The monoisotopic (exact) mass is 431 g/mol.